The molecule has 0 spiro atoms. The molecule has 0 radical (unpaired) electrons. The van der Waals surface area contributed by atoms with Crippen molar-refractivity contribution in [1.29, 1.82) is 0 Å². The summed E-state index contributed by atoms with van der Waals surface area (Å²) in [5.74, 6) is 1.65. The molecule has 84 valence electrons. The zero-order chi connectivity index (χ0) is 10.6. The second kappa shape index (κ2) is 5.72. The van der Waals surface area contributed by atoms with E-state index in [1.54, 1.807) is 0 Å². The van der Waals surface area contributed by atoms with Gasteiger partial charge in [-0.15, -0.1) is 0 Å². The molecular weight excluding hydrogens is 174 g/mol. The standard InChI is InChI=1S/C12H25NO/c1-4-11(14)8-13-12-6-5-9(2)7-10(12)3/h9-14H,4-8H2,1-3H3. The third kappa shape index (κ3) is 3.58. The number of hydrogen-bond acceptors (Lipinski definition) is 2. The summed E-state index contributed by atoms with van der Waals surface area (Å²) in [5.41, 5.74) is 0. The van der Waals surface area contributed by atoms with Crippen LogP contribution < -0.4 is 5.32 Å². The van der Waals surface area contributed by atoms with Crippen molar-refractivity contribution in [1.82, 2.24) is 5.32 Å². The van der Waals surface area contributed by atoms with Crippen molar-refractivity contribution in [2.75, 3.05) is 6.54 Å². The van der Waals surface area contributed by atoms with Gasteiger partial charge in [0.05, 0.1) is 6.10 Å². The molecule has 2 nitrogen and oxygen atoms in total. The Kier molecular flexibility index (Phi) is 4.90. The van der Waals surface area contributed by atoms with E-state index in [-0.39, 0.29) is 6.10 Å². The minimum atomic E-state index is -0.165. The van der Waals surface area contributed by atoms with Gasteiger partial charge in [-0.3, -0.25) is 0 Å². The molecule has 0 aromatic carbocycles. The molecule has 0 bridgehead atoms. The summed E-state index contributed by atoms with van der Waals surface area (Å²) in [4.78, 5) is 0. The molecule has 1 saturated carbocycles. The second-order valence-electron chi connectivity index (χ2n) is 4.97. The van der Waals surface area contributed by atoms with Crippen LogP contribution in [-0.4, -0.2) is 23.8 Å². The molecule has 2 heteroatoms. The number of rotatable bonds is 4. The fourth-order valence-electron chi connectivity index (χ4n) is 2.40. The minimum Gasteiger partial charge on any atom is -0.392 e. The first-order valence-electron chi connectivity index (χ1n) is 6.05. The van der Waals surface area contributed by atoms with E-state index in [4.69, 9.17) is 0 Å². The zero-order valence-electron chi connectivity index (χ0n) is 9.79. The molecule has 1 fully saturated rings. The van der Waals surface area contributed by atoms with Gasteiger partial charge in [-0.2, -0.15) is 0 Å². The van der Waals surface area contributed by atoms with E-state index in [9.17, 15) is 5.11 Å². The lowest BCUT2D eigenvalue weighted by Gasteiger charge is -2.33. The first-order chi connectivity index (χ1) is 6.63. The Morgan fingerprint density at radius 1 is 1.36 bits per heavy atom. The maximum atomic E-state index is 9.46. The van der Waals surface area contributed by atoms with Crippen LogP contribution in [0.5, 0.6) is 0 Å². The molecule has 0 aliphatic heterocycles. The molecule has 1 aliphatic rings. The van der Waals surface area contributed by atoms with Crippen molar-refractivity contribution < 1.29 is 5.11 Å². The lowest BCUT2D eigenvalue weighted by atomic mass is 9.80. The highest BCUT2D eigenvalue weighted by Gasteiger charge is 2.24. The predicted octanol–water partition coefficient (Wildman–Crippen LogP) is 2.17. The van der Waals surface area contributed by atoms with Crippen LogP contribution in [-0.2, 0) is 0 Å². The summed E-state index contributed by atoms with van der Waals surface area (Å²) in [6, 6.07) is 0.632. The van der Waals surface area contributed by atoms with E-state index < -0.39 is 0 Å². The van der Waals surface area contributed by atoms with Gasteiger partial charge in [0.2, 0.25) is 0 Å². The monoisotopic (exact) mass is 199 g/mol. The van der Waals surface area contributed by atoms with E-state index >= 15 is 0 Å². The molecular formula is C12H25NO. The van der Waals surface area contributed by atoms with Crippen LogP contribution in [0.1, 0.15) is 46.5 Å². The van der Waals surface area contributed by atoms with Crippen LogP contribution in [0.2, 0.25) is 0 Å². The Bertz CT molecular complexity index is 160. The lowest BCUT2D eigenvalue weighted by molar-refractivity contribution is 0.146. The molecule has 4 unspecified atom stereocenters. The summed E-state index contributed by atoms with van der Waals surface area (Å²) in [5, 5.41) is 13.0. The second-order valence-corrected chi connectivity index (χ2v) is 4.97. The summed E-state index contributed by atoms with van der Waals surface area (Å²) in [7, 11) is 0. The minimum absolute atomic E-state index is 0.165. The highest BCUT2D eigenvalue weighted by molar-refractivity contribution is 4.81. The van der Waals surface area contributed by atoms with Crippen molar-refractivity contribution in [3.63, 3.8) is 0 Å². The normalized spacial score (nSPS) is 35.6. The van der Waals surface area contributed by atoms with Gasteiger partial charge in [-0.25, -0.2) is 0 Å². The Hall–Kier alpha value is -0.0800. The van der Waals surface area contributed by atoms with Gasteiger partial charge < -0.3 is 10.4 Å². The van der Waals surface area contributed by atoms with Crippen LogP contribution in [0.3, 0.4) is 0 Å². The predicted molar refractivity (Wildman–Crippen MR) is 60.3 cm³/mol. The molecule has 0 amide bonds. The maximum Gasteiger partial charge on any atom is 0.0662 e. The van der Waals surface area contributed by atoms with Gasteiger partial charge in [0.1, 0.15) is 0 Å². The first kappa shape index (κ1) is 12.0. The number of nitrogens with one attached hydrogen (secondary N) is 1. The quantitative estimate of drug-likeness (QED) is 0.727. The summed E-state index contributed by atoms with van der Waals surface area (Å²) >= 11 is 0. The number of aliphatic hydroxyl groups is 1. The smallest absolute Gasteiger partial charge is 0.0662 e. The van der Waals surface area contributed by atoms with E-state index in [0.717, 1.165) is 24.8 Å². The third-order valence-electron chi connectivity index (χ3n) is 3.52. The van der Waals surface area contributed by atoms with Crippen molar-refractivity contribution in [3.8, 4) is 0 Å². The van der Waals surface area contributed by atoms with Crippen LogP contribution in [0.15, 0.2) is 0 Å². The van der Waals surface area contributed by atoms with Gasteiger partial charge in [0.15, 0.2) is 0 Å². The average molecular weight is 199 g/mol. The molecule has 0 aromatic rings. The Morgan fingerprint density at radius 2 is 2.07 bits per heavy atom. The van der Waals surface area contributed by atoms with E-state index in [1.165, 1.54) is 19.3 Å². The topological polar surface area (TPSA) is 32.3 Å². The van der Waals surface area contributed by atoms with Gasteiger partial charge in [0.25, 0.3) is 0 Å². The number of hydrogen-bond donors (Lipinski definition) is 2. The third-order valence-corrected chi connectivity index (χ3v) is 3.52. The molecule has 0 aromatic heterocycles. The van der Waals surface area contributed by atoms with E-state index in [0.29, 0.717) is 6.04 Å². The van der Waals surface area contributed by atoms with Crippen molar-refractivity contribution in [2.24, 2.45) is 11.8 Å². The fraction of sp³-hybridized carbons (Fsp3) is 1.00. The Morgan fingerprint density at radius 3 is 2.64 bits per heavy atom. The molecule has 1 aliphatic carbocycles. The molecule has 0 heterocycles. The van der Waals surface area contributed by atoms with Crippen molar-refractivity contribution >= 4 is 0 Å². The lowest BCUT2D eigenvalue weighted by Crippen LogP contribution is -2.42. The van der Waals surface area contributed by atoms with Crippen LogP contribution in [0, 0.1) is 11.8 Å². The average Bonchev–Trinajstić information content (AvgIpc) is 2.16. The van der Waals surface area contributed by atoms with Gasteiger partial charge in [-0.1, -0.05) is 20.8 Å². The van der Waals surface area contributed by atoms with Crippen molar-refractivity contribution in [3.05, 3.63) is 0 Å². The number of aliphatic hydroxyl groups excluding tert-OH is 1. The molecule has 14 heavy (non-hydrogen) atoms. The SMILES string of the molecule is CCC(O)CNC1CCC(C)CC1C. The Labute approximate surface area is 88.1 Å². The molecule has 2 N–H and O–H groups in total. The van der Waals surface area contributed by atoms with Gasteiger partial charge in [0, 0.05) is 12.6 Å². The highest BCUT2D eigenvalue weighted by atomic mass is 16.3. The van der Waals surface area contributed by atoms with Gasteiger partial charge >= 0.3 is 0 Å². The summed E-state index contributed by atoms with van der Waals surface area (Å²) in [6.07, 6.45) is 4.63. The summed E-state index contributed by atoms with van der Waals surface area (Å²) < 4.78 is 0. The largest absolute Gasteiger partial charge is 0.392 e. The van der Waals surface area contributed by atoms with Crippen molar-refractivity contribution in [2.45, 2.75) is 58.6 Å². The zero-order valence-corrected chi connectivity index (χ0v) is 9.79. The van der Waals surface area contributed by atoms with E-state index in [2.05, 4.69) is 19.2 Å². The maximum absolute atomic E-state index is 9.46. The molecule has 0 saturated heterocycles. The summed E-state index contributed by atoms with van der Waals surface area (Å²) in [6.45, 7) is 7.46. The highest BCUT2D eigenvalue weighted by Crippen LogP contribution is 2.28. The van der Waals surface area contributed by atoms with Crippen LogP contribution >= 0.6 is 0 Å². The first-order valence-corrected chi connectivity index (χ1v) is 6.05. The fourth-order valence-corrected chi connectivity index (χ4v) is 2.40. The van der Waals surface area contributed by atoms with E-state index in [1.807, 2.05) is 6.92 Å². The van der Waals surface area contributed by atoms with Gasteiger partial charge in [-0.05, 0) is 37.5 Å². The van der Waals surface area contributed by atoms with Crippen LogP contribution in [0.4, 0.5) is 0 Å². The van der Waals surface area contributed by atoms with Crippen LogP contribution in [0.25, 0.3) is 0 Å². The molecule has 4 atom stereocenters. The Balaban J connectivity index is 2.24. The molecule has 1 rings (SSSR count).